The average molecular weight is 1090 g/mol. The van der Waals surface area contributed by atoms with Crippen LogP contribution in [0.5, 0.6) is 0 Å². The molecule has 0 amide bonds. The lowest BCUT2D eigenvalue weighted by molar-refractivity contribution is -0.870. The lowest BCUT2D eigenvalue weighted by atomic mass is 10.0. The van der Waals surface area contributed by atoms with Gasteiger partial charge in [0.15, 0.2) is 6.10 Å². The number of quaternary nitrogens is 1. The summed E-state index contributed by atoms with van der Waals surface area (Å²) in [7, 11) is 1.16. The number of hydrogen-bond acceptors (Lipinski definition) is 8. The molecular formula is C67H114NO8P. The fraction of sp³-hybridized carbons (Fsp3) is 0.672. The van der Waals surface area contributed by atoms with Crippen LogP contribution < -0.4 is 4.89 Å². The Morgan fingerprint density at radius 3 is 1.10 bits per heavy atom. The molecule has 9 nitrogen and oxygen atoms in total. The number of phosphoric acid groups is 1. The molecule has 0 saturated heterocycles. The number of likely N-dealkylation sites (N-methyl/N-ethyl adjacent to an activating group) is 1. The minimum absolute atomic E-state index is 0.0352. The number of unbranched alkanes of at least 4 members (excludes halogenated alkanes) is 21. The van der Waals surface area contributed by atoms with Crippen molar-refractivity contribution in [3.05, 3.63) is 122 Å². The van der Waals surface area contributed by atoms with E-state index in [2.05, 4.69) is 135 Å². The first-order valence-corrected chi connectivity index (χ1v) is 32.2. The van der Waals surface area contributed by atoms with Gasteiger partial charge in [0.05, 0.1) is 27.7 Å². The Morgan fingerprint density at radius 1 is 0.416 bits per heavy atom. The van der Waals surface area contributed by atoms with Crippen LogP contribution in [0.4, 0.5) is 0 Å². The van der Waals surface area contributed by atoms with Crippen LogP contribution in [0.25, 0.3) is 0 Å². The molecule has 10 heteroatoms. The zero-order chi connectivity index (χ0) is 56.3. The summed E-state index contributed by atoms with van der Waals surface area (Å²) in [6.07, 6.45) is 81.2. The van der Waals surface area contributed by atoms with Crippen LogP contribution in [0.3, 0.4) is 0 Å². The molecule has 0 bridgehead atoms. The fourth-order valence-corrected chi connectivity index (χ4v) is 8.77. The Kier molecular flexibility index (Phi) is 54.4. The molecule has 0 aliphatic rings. The minimum atomic E-state index is -4.64. The van der Waals surface area contributed by atoms with Gasteiger partial charge in [-0.15, -0.1) is 0 Å². The van der Waals surface area contributed by atoms with Crippen molar-refractivity contribution in [3.8, 4) is 0 Å². The van der Waals surface area contributed by atoms with Crippen molar-refractivity contribution in [3.63, 3.8) is 0 Å². The van der Waals surface area contributed by atoms with Crippen LogP contribution in [0.2, 0.25) is 0 Å². The van der Waals surface area contributed by atoms with Gasteiger partial charge < -0.3 is 27.9 Å². The third kappa shape index (κ3) is 61.5. The monoisotopic (exact) mass is 1090 g/mol. The first-order valence-electron chi connectivity index (χ1n) is 30.7. The number of nitrogens with zero attached hydrogens (tertiary/aromatic N) is 1. The first-order chi connectivity index (χ1) is 37.5. The van der Waals surface area contributed by atoms with Gasteiger partial charge in [0, 0.05) is 12.8 Å². The maximum absolute atomic E-state index is 12.8. The first kappa shape index (κ1) is 73.4. The number of hydrogen-bond donors (Lipinski definition) is 0. The lowest BCUT2D eigenvalue weighted by Gasteiger charge is -2.28. The second-order valence-electron chi connectivity index (χ2n) is 21.3. The van der Waals surface area contributed by atoms with E-state index < -0.39 is 26.5 Å². The van der Waals surface area contributed by atoms with Crippen LogP contribution in [-0.2, 0) is 32.7 Å². The predicted octanol–water partition coefficient (Wildman–Crippen LogP) is 18.9. The highest BCUT2D eigenvalue weighted by molar-refractivity contribution is 7.45. The molecule has 0 radical (unpaired) electrons. The number of carbonyl (C=O) groups excluding carboxylic acids is 2. The Labute approximate surface area is 473 Å². The van der Waals surface area contributed by atoms with Crippen molar-refractivity contribution < 1.29 is 42.1 Å². The zero-order valence-corrected chi connectivity index (χ0v) is 50.8. The molecular weight excluding hydrogens is 978 g/mol. The Bertz CT molecular complexity index is 1710. The molecule has 0 heterocycles. The van der Waals surface area contributed by atoms with E-state index in [1.165, 1.54) is 96.3 Å². The maximum atomic E-state index is 12.8. The molecule has 2 unspecified atom stereocenters. The van der Waals surface area contributed by atoms with Gasteiger partial charge >= 0.3 is 11.9 Å². The van der Waals surface area contributed by atoms with Crippen LogP contribution >= 0.6 is 7.82 Å². The highest BCUT2D eigenvalue weighted by Gasteiger charge is 2.22. The lowest BCUT2D eigenvalue weighted by Crippen LogP contribution is -2.37. The molecule has 0 N–H and O–H groups in total. The second kappa shape index (κ2) is 57.1. The number of ether oxygens (including phenoxy) is 2. The van der Waals surface area contributed by atoms with Gasteiger partial charge in [-0.2, -0.15) is 0 Å². The summed E-state index contributed by atoms with van der Waals surface area (Å²) in [5.74, 6) is -0.841. The third-order valence-electron chi connectivity index (χ3n) is 12.7. The predicted molar refractivity (Wildman–Crippen MR) is 328 cm³/mol. The van der Waals surface area contributed by atoms with E-state index in [-0.39, 0.29) is 32.0 Å². The average Bonchev–Trinajstić information content (AvgIpc) is 3.39. The van der Waals surface area contributed by atoms with Gasteiger partial charge in [0.1, 0.15) is 19.8 Å². The molecule has 0 fully saturated rings. The van der Waals surface area contributed by atoms with Gasteiger partial charge in [-0.05, 0) is 89.9 Å². The number of rotatable bonds is 55. The zero-order valence-electron chi connectivity index (χ0n) is 49.9. The van der Waals surface area contributed by atoms with E-state index in [0.717, 1.165) is 109 Å². The van der Waals surface area contributed by atoms with Crippen molar-refractivity contribution >= 4 is 19.8 Å². The van der Waals surface area contributed by atoms with E-state index in [1.54, 1.807) is 0 Å². The molecule has 0 rings (SSSR count). The molecule has 0 aromatic heterocycles. The van der Waals surface area contributed by atoms with Crippen molar-refractivity contribution in [1.29, 1.82) is 0 Å². The SMILES string of the molecule is CC/C=C\C/C=C\C/C=C\C/C=C\C/C=C\C/C=C\C/C=C\C/C=C\C/C=C\C/C=C\CCCCCCCCCCCCC(=O)OC(COC(=O)CCCCCCCCCCCCCC)COP(=O)([O-])OCC[N+](C)(C)C. The molecule has 0 aliphatic heterocycles. The van der Waals surface area contributed by atoms with E-state index >= 15 is 0 Å². The second-order valence-corrected chi connectivity index (χ2v) is 22.8. The van der Waals surface area contributed by atoms with Gasteiger partial charge in [0.25, 0.3) is 7.82 Å². The van der Waals surface area contributed by atoms with E-state index in [4.69, 9.17) is 18.5 Å². The molecule has 0 spiro atoms. The minimum Gasteiger partial charge on any atom is -0.756 e. The van der Waals surface area contributed by atoms with Gasteiger partial charge in [-0.1, -0.05) is 257 Å². The summed E-state index contributed by atoms with van der Waals surface area (Å²) < 4.78 is 34.1. The van der Waals surface area contributed by atoms with Crippen LogP contribution in [0.1, 0.15) is 239 Å². The van der Waals surface area contributed by atoms with E-state index in [1.807, 2.05) is 21.1 Å². The van der Waals surface area contributed by atoms with Crippen molar-refractivity contribution in [1.82, 2.24) is 0 Å². The van der Waals surface area contributed by atoms with Gasteiger partial charge in [-0.3, -0.25) is 14.2 Å². The molecule has 77 heavy (non-hydrogen) atoms. The standard InChI is InChI=1S/C67H114NO8P/c1-6-8-10-12-14-16-18-20-21-22-23-24-25-26-27-28-29-30-31-32-33-34-35-36-37-38-39-40-41-42-43-44-45-46-47-48-50-52-54-56-58-60-67(70)76-65(64-75-77(71,72)74-62-61-68(3,4)5)63-73-66(69)59-57-55-53-51-49-19-17-15-13-11-9-7-2/h8,10,14,16,20-21,23-24,26-27,29-30,32-33,35-36,38-39,41-42,65H,6-7,9,11-13,15,17-19,22,25,28,31,34,37,40,43-64H2,1-5H3/b10-8-,16-14-,21-20-,24-23-,27-26-,30-29-,33-32-,36-35-,39-38-,42-41-. The van der Waals surface area contributed by atoms with E-state index in [0.29, 0.717) is 17.4 Å². The third-order valence-corrected chi connectivity index (χ3v) is 13.7. The molecule has 0 aromatic rings. The van der Waals surface area contributed by atoms with Gasteiger partial charge in [0.2, 0.25) is 0 Å². The smallest absolute Gasteiger partial charge is 0.306 e. The highest BCUT2D eigenvalue weighted by Crippen LogP contribution is 2.38. The normalized spacial score (nSPS) is 14.1. The largest absolute Gasteiger partial charge is 0.756 e. The summed E-state index contributed by atoms with van der Waals surface area (Å²) >= 11 is 0. The summed E-state index contributed by atoms with van der Waals surface area (Å²) in [6, 6.07) is 0. The van der Waals surface area contributed by atoms with Gasteiger partial charge in [-0.25, -0.2) is 0 Å². The summed E-state index contributed by atoms with van der Waals surface area (Å²) in [5.41, 5.74) is 0. The van der Waals surface area contributed by atoms with Crippen LogP contribution in [-0.4, -0.2) is 70.0 Å². The summed E-state index contributed by atoms with van der Waals surface area (Å²) in [6.45, 7) is 4.11. The fourth-order valence-electron chi connectivity index (χ4n) is 8.04. The van der Waals surface area contributed by atoms with Crippen LogP contribution in [0.15, 0.2) is 122 Å². The van der Waals surface area contributed by atoms with E-state index in [9.17, 15) is 19.0 Å². The summed E-state index contributed by atoms with van der Waals surface area (Å²) in [4.78, 5) is 37.8. The Hall–Kier alpha value is -3.59. The Morgan fingerprint density at radius 2 is 0.740 bits per heavy atom. The molecule has 440 valence electrons. The topological polar surface area (TPSA) is 111 Å². The number of esters is 2. The molecule has 2 atom stereocenters. The molecule has 0 aliphatic carbocycles. The van der Waals surface area contributed by atoms with Crippen LogP contribution in [0, 0.1) is 0 Å². The highest BCUT2D eigenvalue weighted by atomic mass is 31.2. The number of phosphoric ester groups is 1. The number of allylic oxidation sites excluding steroid dienone is 20. The summed E-state index contributed by atoms with van der Waals surface area (Å²) in [5, 5.41) is 0. The number of carbonyl (C=O) groups is 2. The van der Waals surface area contributed by atoms with Crippen molar-refractivity contribution in [2.45, 2.75) is 245 Å². The Balaban J connectivity index is 4.05. The van der Waals surface area contributed by atoms with Crippen molar-refractivity contribution in [2.75, 3.05) is 47.5 Å². The quantitative estimate of drug-likeness (QED) is 0.0195. The molecule has 0 saturated carbocycles. The van der Waals surface area contributed by atoms with Crippen molar-refractivity contribution in [2.24, 2.45) is 0 Å². The maximum Gasteiger partial charge on any atom is 0.306 e. The molecule has 0 aromatic carbocycles.